The highest BCUT2D eigenvalue weighted by atomic mass is 32.2. The minimum Gasteiger partial charge on any atom is -0.465 e. The number of likely N-dealkylation sites (N-methyl/N-ethyl adjacent to an activating group) is 1. The molecule has 1 aliphatic heterocycles. The zero-order chi connectivity index (χ0) is 18.5. The number of anilines is 1. The molecule has 2 heterocycles. The van der Waals surface area contributed by atoms with E-state index in [1.54, 1.807) is 11.8 Å². The molecule has 1 amide bonds. The van der Waals surface area contributed by atoms with Gasteiger partial charge in [-0.15, -0.1) is 23.1 Å². The molecule has 0 spiro atoms. The quantitative estimate of drug-likeness (QED) is 0.766. The minimum atomic E-state index is -0.376. The van der Waals surface area contributed by atoms with Gasteiger partial charge in [-0.3, -0.25) is 4.79 Å². The van der Waals surface area contributed by atoms with Crippen LogP contribution >= 0.6 is 23.1 Å². The van der Waals surface area contributed by atoms with Crippen molar-refractivity contribution in [3.05, 3.63) is 51.9 Å². The number of ether oxygens (including phenoxy) is 1. The Morgan fingerprint density at radius 3 is 2.81 bits per heavy atom. The maximum absolute atomic E-state index is 12.4. The third-order valence-electron chi connectivity index (χ3n) is 4.23. The fraction of sp³-hybridized carbons (Fsp3) is 0.368. The number of carbonyl (C=O) groups is 2. The Kier molecular flexibility index (Phi) is 6.34. The summed E-state index contributed by atoms with van der Waals surface area (Å²) in [6, 6.07) is 10.1. The summed E-state index contributed by atoms with van der Waals surface area (Å²) in [5.41, 5.74) is 2.74. The van der Waals surface area contributed by atoms with Crippen LogP contribution in [-0.4, -0.2) is 43.2 Å². The highest BCUT2D eigenvalue weighted by Crippen LogP contribution is 2.37. The predicted octanol–water partition coefficient (Wildman–Crippen LogP) is 3.39. The van der Waals surface area contributed by atoms with E-state index in [1.807, 2.05) is 30.3 Å². The molecule has 3 rings (SSSR count). The number of hydrogen-bond donors (Lipinski definition) is 1. The smallest absolute Gasteiger partial charge is 0.341 e. The Morgan fingerprint density at radius 2 is 2.08 bits per heavy atom. The van der Waals surface area contributed by atoms with E-state index in [9.17, 15) is 9.59 Å². The van der Waals surface area contributed by atoms with Crippen LogP contribution in [-0.2, 0) is 28.2 Å². The Labute approximate surface area is 161 Å². The number of fused-ring (bicyclic) bond motifs is 1. The lowest BCUT2D eigenvalue weighted by Crippen LogP contribution is -2.26. The van der Waals surface area contributed by atoms with Crippen LogP contribution in [0.1, 0.15) is 26.4 Å². The fourth-order valence-electron chi connectivity index (χ4n) is 2.94. The second-order valence-electron chi connectivity index (χ2n) is 6.21. The average molecular weight is 391 g/mol. The first kappa shape index (κ1) is 18.9. The molecule has 0 radical (unpaired) electrons. The second kappa shape index (κ2) is 8.70. The van der Waals surface area contributed by atoms with Crippen LogP contribution in [0.3, 0.4) is 0 Å². The highest BCUT2D eigenvalue weighted by Gasteiger charge is 2.28. The number of nitrogens with zero attached hydrogens (tertiary/aromatic N) is 1. The number of methoxy groups -OCH3 is 1. The molecule has 1 N–H and O–H groups in total. The highest BCUT2D eigenvalue weighted by molar-refractivity contribution is 7.99. The number of nitrogens with one attached hydrogen (secondary N) is 1. The zero-order valence-electron chi connectivity index (χ0n) is 14.9. The lowest BCUT2D eigenvalue weighted by Gasteiger charge is -2.22. The molecular formula is C19H22N2O3S2. The number of amides is 1. The Morgan fingerprint density at radius 1 is 1.31 bits per heavy atom. The molecular weight excluding hydrogens is 368 g/mol. The Hall–Kier alpha value is -1.83. The van der Waals surface area contributed by atoms with Crippen molar-refractivity contribution in [2.75, 3.05) is 31.8 Å². The van der Waals surface area contributed by atoms with Crippen LogP contribution in [0.25, 0.3) is 0 Å². The number of rotatable bonds is 6. The monoisotopic (exact) mass is 390 g/mol. The third kappa shape index (κ3) is 4.47. The summed E-state index contributed by atoms with van der Waals surface area (Å²) in [5.74, 6) is 0.657. The SMILES string of the molecule is COC(=O)c1c(NC(=O)CSCc2ccccc2)sc2c1CCN(C)C2. The number of thiophene rings is 1. The van der Waals surface area contributed by atoms with Crippen LogP contribution in [0.15, 0.2) is 30.3 Å². The molecule has 1 aromatic carbocycles. The van der Waals surface area contributed by atoms with Gasteiger partial charge in [-0.05, 0) is 24.6 Å². The second-order valence-corrected chi connectivity index (χ2v) is 8.30. The molecule has 0 atom stereocenters. The Balaban J connectivity index is 1.66. The van der Waals surface area contributed by atoms with E-state index in [-0.39, 0.29) is 11.9 Å². The first-order chi connectivity index (χ1) is 12.6. The van der Waals surface area contributed by atoms with Crippen LogP contribution in [0.2, 0.25) is 0 Å². The molecule has 1 aromatic heterocycles. The number of hydrogen-bond acceptors (Lipinski definition) is 6. The van der Waals surface area contributed by atoms with E-state index in [0.29, 0.717) is 16.3 Å². The molecule has 7 heteroatoms. The summed E-state index contributed by atoms with van der Waals surface area (Å²) in [6.45, 7) is 1.69. The van der Waals surface area contributed by atoms with Gasteiger partial charge in [-0.25, -0.2) is 4.79 Å². The molecule has 5 nitrogen and oxygen atoms in total. The third-order valence-corrected chi connectivity index (χ3v) is 6.37. The van der Waals surface area contributed by atoms with Gasteiger partial charge < -0.3 is 15.0 Å². The number of carbonyl (C=O) groups excluding carboxylic acids is 2. The van der Waals surface area contributed by atoms with Crippen molar-refractivity contribution in [1.29, 1.82) is 0 Å². The number of benzene rings is 1. The topological polar surface area (TPSA) is 58.6 Å². The van der Waals surface area contributed by atoms with Crippen molar-refractivity contribution in [2.45, 2.75) is 18.7 Å². The van der Waals surface area contributed by atoms with Crippen LogP contribution in [0, 0.1) is 0 Å². The van der Waals surface area contributed by atoms with E-state index in [4.69, 9.17) is 4.74 Å². The average Bonchev–Trinajstić information content (AvgIpc) is 2.98. The molecule has 2 aromatic rings. The van der Waals surface area contributed by atoms with E-state index >= 15 is 0 Å². The van der Waals surface area contributed by atoms with Crippen molar-refractivity contribution < 1.29 is 14.3 Å². The lowest BCUT2D eigenvalue weighted by molar-refractivity contribution is -0.113. The van der Waals surface area contributed by atoms with E-state index in [2.05, 4.69) is 17.3 Å². The summed E-state index contributed by atoms with van der Waals surface area (Å²) in [4.78, 5) is 27.9. The number of esters is 1. The first-order valence-corrected chi connectivity index (χ1v) is 10.4. The van der Waals surface area contributed by atoms with E-state index in [0.717, 1.165) is 35.7 Å². The van der Waals surface area contributed by atoms with Gasteiger partial charge in [-0.1, -0.05) is 30.3 Å². The largest absolute Gasteiger partial charge is 0.465 e. The van der Waals surface area contributed by atoms with Gasteiger partial charge in [0.2, 0.25) is 5.91 Å². The van der Waals surface area contributed by atoms with Crippen LogP contribution in [0.5, 0.6) is 0 Å². The van der Waals surface area contributed by atoms with Gasteiger partial charge in [0.1, 0.15) is 5.00 Å². The van der Waals surface area contributed by atoms with Gasteiger partial charge in [-0.2, -0.15) is 0 Å². The van der Waals surface area contributed by atoms with E-state index in [1.165, 1.54) is 24.0 Å². The molecule has 26 heavy (non-hydrogen) atoms. The van der Waals surface area contributed by atoms with Gasteiger partial charge in [0.05, 0.1) is 18.4 Å². The lowest BCUT2D eigenvalue weighted by atomic mass is 10.0. The summed E-state index contributed by atoms with van der Waals surface area (Å²) >= 11 is 3.04. The molecule has 0 fully saturated rings. The molecule has 138 valence electrons. The summed E-state index contributed by atoms with van der Waals surface area (Å²) < 4.78 is 4.95. The maximum Gasteiger partial charge on any atom is 0.341 e. The summed E-state index contributed by atoms with van der Waals surface area (Å²) in [7, 11) is 3.43. The number of thioether (sulfide) groups is 1. The van der Waals surface area contributed by atoms with Crippen LogP contribution < -0.4 is 5.32 Å². The Bertz CT molecular complexity index is 790. The van der Waals surface area contributed by atoms with Crippen LogP contribution in [0.4, 0.5) is 5.00 Å². The molecule has 0 bridgehead atoms. The van der Waals surface area contributed by atoms with Crippen molar-refractivity contribution in [3.8, 4) is 0 Å². The van der Waals surface area contributed by atoms with Crippen molar-refractivity contribution >= 4 is 40.0 Å². The molecule has 1 aliphatic rings. The van der Waals surface area contributed by atoms with Crippen molar-refractivity contribution in [3.63, 3.8) is 0 Å². The molecule has 0 saturated heterocycles. The fourth-order valence-corrected chi connectivity index (χ4v) is 5.06. The maximum atomic E-state index is 12.4. The molecule has 0 unspecified atom stereocenters. The summed E-state index contributed by atoms with van der Waals surface area (Å²) in [6.07, 6.45) is 0.797. The zero-order valence-corrected chi connectivity index (χ0v) is 16.5. The molecule has 0 aliphatic carbocycles. The van der Waals surface area contributed by atoms with Gasteiger partial charge >= 0.3 is 5.97 Å². The van der Waals surface area contributed by atoms with Crippen molar-refractivity contribution in [1.82, 2.24) is 4.90 Å². The van der Waals surface area contributed by atoms with E-state index < -0.39 is 0 Å². The minimum absolute atomic E-state index is 0.0944. The predicted molar refractivity (Wildman–Crippen MR) is 107 cm³/mol. The van der Waals surface area contributed by atoms with Gasteiger partial charge in [0.25, 0.3) is 0 Å². The van der Waals surface area contributed by atoms with Gasteiger partial charge in [0.15, 0.2) is 0 Å². The van der Waals surface area contributed by atoms with Crippen molar-refractivity contribution in [2.24, 2.45) is 0 Å². The van der Waals surface area contributed by atoms with Gasteiger partial charge in [0, 0.05) is 23.7 Å². The normalized spacial score (nSPS) is 13.9. The molecule has 0 saturated carbocycles. The standard InChI is InChI=1S/C19H22N2O3S2/c1-21-9-8-14-15(10-21)26-18(17(14)19(23)24-2)20-16(22)12-25-11-13-6-4-3-5-7-13/h3-7H,8-12H2,1-2H3,(H,20,22). The first-order valence-electron chi connectivity index (χ1n) is 8.41. The summed E-state index contributed by atoms with van der Waals surface area (Å²) in [5, 5.41) is 3.54.